The van der Waals surface area contributed by atoms with Crippen molar-refractivity contribution in [3.05, 3.63) is 42.4 Å². The van der Waals surface area contributed by atoms with Gasteiger partial charge in [0, 0.05) is 24.2 Å². The van der Waals surface area contributed by atoms with Gasteiger partial charge in [-0.2, -0.15) is 0 Å². The number of carbonyl (C=O) groups is 1. The van der Waals surface area contributed by atoms with Crippen LogP contribution < -0.4 is 15.4 Å². The van der Waals surface area contributed by atoms with Crippen molar-refractivity contribution in [2.24, 2.45) is 0 Å². The summed E-state index contributed by atoms with van der Waals surface area (Å²) in [5, 5.41) is 6.21. The standard InChI is InChI=1S/C16H18N2O3/c1-11(4-6-13-3-2-8-20-13)17-12-5-7-14-15(9-12)21-10-16(19)18-14/h2-3,5,7-9,11,17H,4,6,10H2,1H3,(H,18,19). The number of ether oxygens (including phenoxy) is 1. The van der Waals surface area contributed by atoms with Gasteiger partial charge < -0.3 is 19.8 Å². The Labute approximate surface area is 123 Å². The Morgan fingerprint density at radius 1 is 1.38 bits per heavy atom. The van der Waals surface area contributed by atoms with Gasteiger partial charge in [0.2, 0.25) is 0 Å². The summed E-state index contributed by atoms with van der Waals surface area (Å²) in [6, 6.07) is 9.92. The molecule has 0 fully saturated rings. The molecule has 2 N–H and O–H groups in total. The number of amides is 1. The summed E-state index contributed by atoms with van der Waals surface area (Å²) in [6.45, 7) is 2.20. The Balaban J connectivity index is 1.58. The van der Waals surface area contributed by atoms with E-state index in [0.717, 1.165) is 30.0 Å². The van der Waals surface area contributed by atoms with Crippen LogP contribution in [-0.4, -0.2) is 18.6 Å². The van der Waals surface area contributed by atoms with E-state index < -0.39 is 0 Å². The lowest BCUT2D eigenvalue weighted by Gasteiger charge is -2.20. The highest BCUT2D eigenvalue weighted by molar-refractivity contribution is 5.95. The number of carbonyl (C=O) groups excluding carboxylic acids is 1. The van der Waals surface area contributed by atoms with Crippen LogP contribution in [0.15, 0.2) is 41.0 Å². The van der Waals surface area contributed by atoms with Gasteiger partial charge >= 0.3 is 0 Å². The SMILES string of the molecule is CC(CCc1ccco1)Nc1ccc2c(c1)OCC(=O)N2. The lowest BCUT2D eigenvalue weighted by Crippen LogP contribution is -2.25. The smallest absolute Gasteiger partial charge is 0.262 e. The summed E-state index contributed by atoms with van der Waals surface area (Å²) in [5.41, 5.74) is 1.71. The number of anilines is 2. The first kappa shape index (κ1) is 13.5. The number of rotatable bonds is 5. The third kappa shape index (κ3) is 3.37. The number of aryl methyl sites for hydroxylation is 1. The third-order valence-corrected chi connectivity index (χ3v) is 3.43. The van der Waals surface area contributed by atoms with Gasteiger partial charge in [-0.15, -0.1) is 0 Å². The minimum absolute atomic E-state index is 0.0739. The molecule has 1 aromatic carbocycles. The second kappa shape index (κ2) is 5.91. The average Bonchev–Trinajstić information content (AvgIpc) is 2.99. The summed E-state index contributed by atoms with van der Waals surface area (Å²) in [5.74, 6) is 1.59. The molecule has 1 atom stereocenters. The van der Waals surface area contributed by atoms with Gasteiger partial charge in [0.25, 0.3) is 5.91 Å². The topological polar surface area (TPSA) is 63.5 Å². The highest BCUT2D eigenvalue weighted by Gasteiger charge is 2.16. The molecule has 110 valence electrons. The van der Waals surface area contributed by atoms with Gasteiger partial charge in [-0.25, -0.2) is 0 Å². The van der Waals surface area contributed by atoms with Crippen molar-refractivity contribution in [3.63, 3.8) is 0 Å². The molecule has 0 spiro atoms. The molecule has 0 radical (unpaired) electrons. The highest BCUT2D eigenvalue weighted by atomic mass is 16.5. The van der Waals surface area contributed by atoms with Crippen LogP contribution in [0, 0.1) is 0 Å². The molecule has 0 saturated heterocycles. The molecule has 0 aliphatic carbocycles. The first-order valence-corrected chi connectivity index (χ1v) is 7.06. The molecule has 1 aromatic heterocycles. The zero-order valence-electron chi connectivity index (χ0n) is 11.9. The molecule has 5 heteroatoms. The molecule has 3 rings (SSSR count). The van der Waals surface area contributed by atoms with E-state index in [9.17, 15) is 4.79 Å². The van der Waals surface area contributed by atoms with E-state index in [-0.39, 0.29) is 12.5 Å². The number of fused-ring (bicyclic) bond motifs is 1. The Kier molecular flexibility index (Phi) is 3.81. The fourth-order valence-electron chi connectivity index (χ4n) is 2.33. The van der Waals surface area contributed by atoms with Gasteiger partial charge in [0.05, 0.1) is 12.0 Å². The molecule has 1 aliphatic heterocycles. The Morgan fingerprint density at radius 2 is 2.29 bits per heavy atom. The number of nitrogens with one attached hydrogen (secondary N) is 2. The van der Waals surface area contributed by atoms with E-state index in [4.69, 9.17) is 9.15 Å². The van der Waals surface area contributed by atoms with Crippen LogP contribution in [0.25, 0.3) is 0 Å². The summed E-state index contributed by atoms with van der Waals surface area (Å²) in [6.07, 6.45) is 3.57. The van der Waals surface area contributed by atoms with Crippen molar-refractivity contribution in [3.8, 4) is 5.75 Å². The van der Waals surface area contributed by atoms with E-state index in [2.05, 4.69) is 17.6 Å². The van der Waals surface area contributed by atoms with Gasteiger partial charge in [0.15, 0.2) is 6.61 Å². The maximum Gasteiger partial charge on any atom is 0.262 e. The molecule has 5 nitrogen and oxygen atoms in total. The minimum Gasteiger partial charge on any atom is -0.482 e. The molecule has 21 heavy (non-hydrogen) atoms. The van der Waals surface area contributed by atoms with Crippen molar-refractivity contribution in [2.45, 2.75) is 25.8 Å². The predicted octanol–water partition coefficient (Wildman–Crippen LogP) is 3.04. The first-order valence-electron chi connectivity index (χ1n) is 7.06. The van der Waals surface area contributed by atoms with Crippen molar-refractivity contribution in [1.82, 2.24) is 0 Å². The molecule has 1 amide bonds. The molecule has 1 aliphatic rings. The maximum atomic E-state index is 11.2. The number of benzene rings is 1. The lowest BCUT2D eigenvalue weighted by molar-refractivity contribution is -0.118. The van der Waals surface area contributed by atoms with Crippen molar-refractivity contribution >= 4 is 17.3 Å². The van der Waals surface area contributed by atoms with Gasteiger partial charge in [-0.05, 0) is 37.6 Å². The second-order valence-corrected chi connectivity index (χ2v) is 5.21. The van der Waals surface area contributed by atoms with E-state index in [1.54, 1.807) is 6.26 Å². The van der Waals surface area contributed by atoms with Crippen LogP contribution in [0.4, 0.5) is 11.4 Å². The first-order chi connectivity index (χ1) is 10.2. The van der Waals surface area contributed by atoms with E-state index in [1.165, 1.54) is 0 Å². The quantitative estimate of drug-likeness (QED) is 0.886. The summed E-state index contributed by atoms with van der Waals surface area (Å²) >= 11 is 0. The lowest BCUT2D eigenvalue weighted by atomic mass is 10.1. The van der Waals surface area contributed by atoms with Crippen LogP contribution in [0.5, 0.6) is 5.75 Å². The normalized spacial score (nSPS) is 14.8. The highest BCUT2D eigenvalue weighted by Crippen LogP contribution is 2.30. The zero-order chi connectivity index (χ0) is 14.7. The second-order valence-electron chi connectivity index (χ2n) is 5.21. The van der Waals surface area contributed by atoms with Crippen LogP contribution in [0.2, 0.25) is 0 Å². The molecular formula is C16H18N2O3. The van der Waals surface area contributed by atoms with E-state index in [1.807, 2.05) is 30.3 Å². The van der Waals surface area contributed by atoms with E-state index >= 15 is 0 Å². The van der Waals surface area contributed by atoms with Crippen LogP contribution in [0.1, 0.15) is 19.1 Å². The third-order valence-electron chi connectivity index (χ3n) is 3.43. The Hall–Kier alpha value is -2.43. The maximum absolute atomic E-state index is 11.2. The van der Waals surface area contributed by atoms with Crippen LogP contribution >= 0.6 is 0 Å². The molecule has 1 unspecified atom stereocenters. The van der Waals surface area contributed by atoms with Crippen molar-refractivity contribution in [1.29, 1.82) is 0 Å². The molecule has 0 bridgehead atoms. The summed E-state index contributed by atoms with van der Waals surface area (Å²) in [4.78, 5) is 11.2. The largest absolute Gasteiger partial charge is 0.482 e. The minimum atomic E-state index is -0.116. The molecule has 2 aromatic rings. The zero-order valence-corrected chi connectivity index (χ0v) is 11.9. The summed E-state index contributed by atoms with van der Waals surface area (Å²) in [7, 11) is 0. The Morgan fingerprint density at radius 3 is 3.10 bits per heavy atom. The average molecular weight is 286 g/mol. The van der Waals surface area contributed by atoms with Crippen LogP contribution in [-0.2, 0) is 11.2 Å². The number of furan rings is 1. The van der Waals surface area contributed by atoms with Crippen LogP contribution in [0.3, 0.4) is 0 Å². The number of hydrogen-bond donors (Lipinski definition) is 2. The van der Waals surface area contributed by atoms with E-state index in [0.29, 0.717) is 11.8 Å². The van der Waals surface area contributed by atoms with Gasteiger partial charge in [-0.1, -0.05) is 0 Å². The molecule has 2 heterocycles. The van der Waals surface area contributed by atoms with Gasteiger partial charge in [0.1, 0.15) is 11.5 Å². The monoisotopic (exact) mass is 286 g/mol. The predicted molar refractivity (Wildman–Crippen MR) is 80.7 cm³/mol. The fraction of sp³-hybridized carbons (Fsp3) is 0.312. The van der Waals surface area contributed by atoms with Gasteiger partial charge in [-0.3, -0.25) is 4.79 Å². The molecule has 0 saturated carbocycles. The Bertz CT molecular complexity index is 622. The summed E-state index contributed by atoms with van der Waals surface area (Å²) < 4.78 is 10.7. The van der Waals surface area contributed by atoms with Crippen molar-refractivity contribution in [2.75, 3.05) is 17.2 Å². The van der Waals surface area contributed by atoms with Crippen molar-refractivity contribution < 1.29 is 13.9 Å². The fourth-order valence-corrected chi connectivity index (χ4v) is 2.33. The number of hydrogen-bond acceptors (Lipinski definition) is 4. The molecular weight excluding hydrogens is 268 g/mol.